The van der Waals surface area contributed by atoms with E-state index in [0.29, 0.717) is 12.0 Å². The van der Waals surface area contributed by atoms with Crippen molar-refractivity contribution in [2.45, 2.75) is 38.1 Å². The summed E-state index contributed by atoms with van der Waals surface area (Å²) in [5, 5.41) is 9.03. The smallest absolute Gasteiger partial charge is 0.224 e. The third kappa shape index (κ3) is 2.54. The lowest BCUT2D eigenvalue weighted by Crippen LogP contribution is -2.23. The minimum Gasteiger partial charge on any atom is -0.351 e. The van der Waals surface area contributed by atoms with E-state index in [1.54, 1.807) is 6.20 Å². The maximum absolute atomic E-state index is 4.64. The van der Waals surface area contributed by atoms with Gasteiger partial charge in [-0.05, 0) is 18.9 Å². The van der Waals surface area contributed by atoms with Gasteiger partial charge in [-0.15, -0.1) is 0 Å². The highest BCUT2D eigenvalue weighted by atomic mass is 15.3. The van der Waals surface area contributed by atoms with Crippen molar-refractivity contribution in [1.82, 2.24) is 19.7 Å². The number of aromatic nitrogens is 4. The largest absolute Gasteiger partial charge is 0.351 e. The van der Waals surface area contributed by atoms with Crippen LogP contribution in [0.2, 0.25) is 0 Å². The first-order chi connectivity index (χ1) is 10.9. The minimum absolute atomic E-state index is 0.498. The quantitative estimate of drug-likeness (QED) is 0.802. The van der Waals surface area contributed by atoms with E-state index in [1.165, 1.54) is 32.1 Å². The van der Waals surface area contributed by atoms with E-state index in [1.807, 2.05) is 29.1 Å². The Morgan fingerprint density at radius 1 is 1.05 bits per heavy atom. The van der Waals surface area contributed by atoms with Crippen LogP contribution in [-0.4, -0.2) is 25.8 Å². The number of hydrogen-bond acceptors (Lipinski definition) is 4. The lowest BCUT2D eigenvalue weighted by Gasteiger charge is -2.22. The molecular weight excluding hydrogens is 274 g/mol. The number of nitrogens with one attached hydrogen (secondary N) is 1. The highest BCUT2D eigenvalue weighted by molar-refractivity contribution is 5.79. The predicted molar refractivity (Wildman–Crippen MR) is 87.2 cm³/mol. The number of anilines is 1. The van der Waals surface area contributed by atoms with Gasteiger partial charge in [-0.3, -0.25) is 0 Å². The monoisotopic (exact) mass is 293 g/mol. The lowest BCUT2D eigenvalue weighted by atomic mass is 9.96. The second-order valence-corrected chi connectivity index (χ2v) is 5.83. The van der Waals surface area contributed by atoms with Crippen molar-refractivity contribution in [2.24, 2.45) is 0 Å². The van der Waals surface area contributed by atoms with Gasteiger partial charge >= 0.3 is 0 Å². The molecule has 1 fully saturated rings. The summed E-state index contributed by atoms with van der Waals surface area (Å²) >= 11 is 0. The third-order valence-electron chi connectivity index (χ3n) is 4.27. The molecule has 3 aromatic rings. The Morgan fingerprint density at radius 3 is 2.82 bits per heavy atom. The maximum Gasteiger partial charge on any atom is 0.224 e. The molecule has 5 heteroatoms. The van der Waals surface area contributed by atoms with E-state index in [4.69, 9.17) is 0 Å². The normalized spacial score (nSPS) is 16.0. The molecule has 1 saturated carbocycles. The molecule has 0 atom stereocenters. The molecule has 112 valence electrons. The number of fused-ring (bicyclic) bond motifs is 1. The summed E-state index contributed by atoms with van der Waals surface area (Å²) in [4.78, 5) is 9.00. The molecule has 1 aromatic carbocycles. The minimum atomic E-state index is 0.498. The Hall–Kier alpha value is -2.43. The van der Waals surface area contributed by atoms with Crippen LogP contribution in [-0.2, 0) is 0 Å². The summed E-state index contributed by atoms with van der Waals surface area (Å²) < 4.78 is 1.86. The van der Waals surface area contributed by atoms with Crippen LogP contribution in [0.25, 0.3) is 16.7 Å². The first-order valence-electron chi connectivity index (χ1n) is 7.93. The number of para-hydroxylation sites is 1. The Morgan fingerprint density at radius 2 is 1.91 bits per heavy atom. The number of nitrogens with zero attached hydrogens (tertiary/aromatic N) is 4. The van der Waals surface area contributed by atoms with Crippen molar-refractivity contribution in [3.63, 3.8) is 0 Å². The molecule has 2 aromatic heterocycles. The Labute approximate surface area is 129 Å². The fourth-order valence-electron chi connectivity index (χ4n) is 3.12. The van der Waals surface area contributed by atoms with Gasteiger partial charge in [0.25, 0.3) is 0 Å². The van der Waals surface area contributed by atoms with E-state index in [-0.39, 0.29) is 0 Å². The van der Waals surface area contributed by atoms with Crippen LogP contribution < -0.4 is 5.32 Å². The lowest BCUT2D eigenvalue weighted by molar-refractivity contribution is 0.461. The zero-order valence-corrected chi connectivity index (χ0v) is 12.4. The zero-order valence-electron chi connectivity index (χ0n) is 12.4. The van der Waals surface area contributed by atoms with Crippen LogP contribution in [0, 0.1) is 0 Å². The van der Waals surface area contributed by atoms with E-state index >= 15 is 0 Å². The summed E-state index contributed by atoms with van der Waals surface area (Å²) in [5.41, 5.74) is 1.06. The highest BCUT2D eigenvalue weighted by Crippen LogP contribution is 2.21. The van der Waals surface area contributed by atoms with Crippen LogP contribution >= 0.6 is 0 Å². The first kappa shape index (κ1) is 13.2. The van der Waals surface area contributed by atoms with Crippen LogP contribution in [0.15, 0.2) is 42.7 Å². The molecule has 0 aliphatic heterocycles. The van der Waals surface area contributed by atoms with Gasteiger partial charge in [0.05, 0.1) is 11.7 Å². The van der Waals surface area contributed by atoms with Crippen molar-refractivity contribution in [3.8, 4) is 5.82 Å². The van der Waals surface area contributed by atoms with Crippen LogP contribution in [0.1, 0.15) is 32.1 Å². The van der Waals surface area contributed by atoms with E-state index in [2.05, 4.69) is 32.5 Å². The van der Waals surface area contributed by atoms with Crippen molar-refractivity contribution >= 4 is 16.9 Å². The molecule has 5 nitrogen and oxygen atoms in total. The molecule has 1 N–H and O–H groups in total. The molecule has 22 heavy (non-hydrogen) atoms. The first-order valence-corrected chi connectivity index (χ1v) is 7.93. The number of rotatable bonds is 3. The number of benzene rings is 1. The van der Waals surface area contributed by atoms with E-state index in [0.717, 1.165) is 16.7 Å². The number of hydrogen-bond donors (Lipinski definition) is 1. The Bertz CT molecular complexity index is 773. The van der Waals surface area contributed by atoms with Crippen LogP contribution in [0.5, 0.6) is 0 Å². The van der Waals surface area contributed by atoms with Gasteiger partial charge in [0.15, 0.2) is 5.82 Å². The summed E-state index contributed by atoms with van der Waals surface area (Å²) in [6.45, 7) is 0. The molecule has 0 bridgehead atoms. The Kier molecular flexibility index (Phi) is 3.46. The van der Waals surface area contributed by atoms with Gasteiger partial charge in [0.1, 0.15) is 0 Å². The molecule has 0 radical (unpaired) electrons. The maximum atomic E-state index is 4.64. The molecule has 0 unspecified atom stereocenters. The van der Waals surface area contributed by atoms with E-state index in [9.17, 15) is 0 Å². The summed E-state index contributed by atoms with van der Waals surface area (Å²) in [6.07, 6.45) is 10.0. The summed E-state index contributed by atoms with van der Waals surface area (Å²) in [5.74, 6) is 1.50. The standard InChI is InChI=1S/C17H19N5/c1-2-7-14(8-3-1)20-17-18-11-10-16(21-17)22-15-9-5-4-6-13(15)12-19-22/h4-6,9-12,14H,1-3,7-8H2,(H,18,20,21). The molecule has 1 aliphatic rings. The zero-order chi connectivity index (χ0) is 14.8. The average Bonchev–Trinajstić information content (AvgIpc) is 3.00. The fraction of sp³-hybridized carbons (Fsp3) is 0.353. The van der Waals surface area contributed by atoms with Gasteiger partial charge in [-0.2, -0.15) is 10.1 Å². The molecule has 2 heterocycles. The average molecular weight is 293 g/mol. The summed E-state index contributed by atoms with van der Waals surface area (Å²) in [7, 11) is 0. The topological polar surface area (TPSA) is 55.6 Å². The van der Waals surface area contributed by atoms with Crippen LogP contribution in [0.4, 0.5) is 5.95 Å². The fourth-order valence-corrected chi connectivity index (χ4v) is 3.12. The van der Waals surface area contributed by atoms with Gasteiger partial charge < -0.3 is 5.32 Å². The molecule has 0 saturated heterocycles. The molecule has 4 rings (SSSR count). The molecule has 0 spiro atoms. The van der Waals surface area contributed by atoms with Crippen molar-refractivity contribution in [1.29, 1.82) is 0 Å². The van der Waals surface area contributed by atoms with Gasteiger partial charge in [-0.1, -0.05) is 37.5 Å². The predicted octanol–water partition coefficient (Wildman–Crippen LogP) is 3.56. The second kappa shape index (κ2) is 5.75. The molecular formula is C17H19N5. The third-order valence-corrected chi connectivity index (χ3v) is 4.27. The highest BCUT2D eigenvalue weighted by Gasteiger charge is 2.14. The second-order valence-electron chi connectivity index (χ2n) is 5.83. The van der Waals surface area contributed by atoms with Gasteiger partial charge in [0.2, 0.25) is 5.95 Å². The molecule has 0 amide bonds. The van der Waals surface area contributed by atoms with E-state index < -0.39 is 0 Å². The molecule has 1 aliphatic carbocycles. The van der Waals surface area contributed by atoms with Crippen LogP contribution in [0.3, 0.4) is 0 Å². The van der Waals surface area contributed by atoms with Crippen molar-refractivity contribution in [3.05, 3.63) is 42.7 Å². The Balaban J connectivity index is 1.63. The summed E-state index contributed by atoms with van der Waals surface area (Å²) in [6, 6.07) is 10.5. The van der Waals surface area contributed by atoms with Gasteiger partial charge in [-0.25, -0.2) is 9.67 Å². The van der Waals surface area contributed by atoms with Crippen molar-refractivity contribution < 1.29 is 0 Å². The SMILES string of the molecule is c1ccc2c(c1)cnn2-c1ccnc(NC2CCCCC2)n1. The van der Waals surface area contributed by atoms with Gasteiger partial charge in [0, 0.05) is 23.7 Å². The van der Waals surface area contributed by atoms with Crippen molar-refractivity contribution in [2.75, 3.05) is 5.32 Å².